The number of thioether (sulfide) groups is 1. The lowest BCUT2D eigenvalue weighted by Crippen LogP contribution is -2.71. The van der Waals surface area contributed by atoms with Crippen LogP contribution in [0.5, 0.6) is 11.5 Å². The minimum atomic E-state index is -1.35. The zero-order valence-electron chi connectivity index (χ0n) is 21.1. The van der Waals surface area contributed by atoms with Crippen LogP contribution >= 0.6 is 11.8 Å². The molecule has 3 aliphatic heterocycles. The third-order valence-electron chi connectivity index (χ3n) is 5.65. The van der Waals surface area contributed by atoms with Crippen molar-refractivity contribution in [1.82, 2.24) is 15.5 Å². The summed E-state index contributed by atoms with van der Waals surface area (Å²) in [5, 5.41) is 14.2. The van der Waals surface area contributed by atoms with Gasteiger partial charge in [0.05, 0.1) is 0 Å². The number of hydrogen-bond acceptors (Lipinski definition) is 10. The number of benzene rings is 1. The molecule has 0 bridgehead atoms. The summed E-state index contributed by atoms with van der Waals surface area (Å²) in [4.78, 5) is 63.1. The number of alkyl carbamates (subject to hydrolysis) is 1. The Morgan fingerprint density at radius 2 is 1.92 bits per heavy atom. The fraction of sp³-hybridized carbons (Fsp3) is 0.458. The Morgan fingerprint density at radius 1 is 1.21 bits per heavy atom. The van der Waals surface area contributed by atoms with Crippen molar-refractivity contribution in [3.8, 4) is 11.5 Å². The van der Waals surface area contributed by atoms with Gasteiger partial charge in [-0.25, -0.2) is 9.59 Å². The Kier molecular flexibility index (Phi) is 7.44. The molecule has 204 valence electrons. The van der Waals surface area contributed by atoms with Gasteiger partial charge in [-0.2, -0.15) is 0 Å². The van der Waals surface area contributed by atoms with E-state index in [-0.39, 0.29) is 30.4 Å². The van der Waals surface area contributed by atoms with E-state index in [1.165, 1.54) is 18.7 Å². The number of nitrogens with zero attached hydrogens (tertiary/aromatic N) is 1. The summed E-state index contributed by atoms with van der Waals surface area (Å²) in [6, 6.07) is 2.40. The van der Waals surface area contributed by atoms with Crippen molar-refractivity contribution in [2.45, 2.75) is 50.8 Å². The summed E-state index contributed by atoms with van der Waals surface area (Å²) in [5.74, 6) is -2.24. The van der Waals surface area contributed by atoms with Gasteiger partial charge < -0.3 is 34.7 Å². The number of carboxylic acid groups (broad SMARTS) is 1. The average molecular weight is 550 g/mol. The fourth-order valence-corrected chi connectivity index (χ4v) is 5.37. The Hall–Kier alpha value is -3.94. The highest BCUT2D eigenvalue weighted by molar-refractivity contribution is 8.00. The van der Waals surface area contributed by atoms with E-state index in [2.05, 4.69) is 10.6 Å². The van der Waals surface area contributed by atoms with Crippen molar-refractivity contribution in [2.75, 3.05) is 19.2 Å². The summed E-state index contributed by atoms with van der Waals surface area (Å²) >= 11 is 1.22. The Bertz CT molecular complexity index is 1220. The molecule has 3 amide bonds. The number of ether oxygens (including phenoxy) is 4. The molecule has 0 aromatic heterocycles. The van der Waals surface area contributed by atoms with Crippen LogP contribution in [0.25, 0.3) is 0 Å². The summed E-state index contributed by atoms with van der Waals surface area (Å²) in [6.45, 7) is 5.97. The van der Waals surface area contributed by atoms with Gasteiger partial charge in [0, 0.05) is 18.2 Å². The summed E-state index contributed by atoms with van der Waals surface area (Å²) in [5.41, 5.74) is -0.471. The lowest BCUT2D eigenvalue weighted by molar-refractivity contribution is -0.151. The molecule has 1 unspecified atom stereocenters. The van der Waals surface area contributed by atoms with Crippen molar-refractivity contribution >= 4 is 41.6 Å². The first-order valence-electron chi connectivity index (χ1n) is 11.6. The molecule has 0 spiro atoms. The molecule has 4 rings (SSSR count). The number of rotatable bonds is 7. The zero-order valence-corrected chi connectivity index (χ0v) is 21.9. The highest BCUT2D eigenvalue weighted by atomic mass is 32.2. The molecule has 3 atom stereocenters. The molecule has 3 N–H and O–H groups in total. The van der Waals surface area contributed by atoms with E-state index in [1.807, 2.05) is 0 Å². The van der Waals surface area contributed by atoms with Crippen LogP contribution in [0, 0.1) is 0 Å². The third kappa shape index (κ3) is 5.64. The minimum Gasteiger partial charge on any atom is -0.477 e. The second kappa shape index (κ2) is 10.4. The fourth-order valence-electron chi connectivity index (χ4n) is 4.04. The van der Waals surface area contributed by atoms with Crippen LogP contribution in [0.4, 0.5) is 4.79 Å². The van der Waals surface area contributed by atoms with Gasteiger partial charge in [0.1, 0.15) is 35.4 Å². The summed E-state index contributed by atoms with van der Waals surface area (Å²) in [7, 11) is 0. The normalized spacial score (nSPS) is 20.6. The van der Waals surface area contributed by atoms with Gasteiger partial charge in [0.25, 0.3) is 5.91 Å². The highest BCUT2D eigenvalue weighted by Gasteiger charge is 2.54. The van der Waals surface area contributed by atoms with E-state index in [9.17, 15) is 29.1 Å². The third-order valence-corrected chi connectivity index (χ3v) is 6.99. The molecule has 3 aliphatic rings. The Labute approximate surface area is 221 Å². The molecule has 1 fully saturated rings. The predicted molar refractivity (Wildman–Crippen MR) is 131 cm³/mol. The molecule has 1 saturated heterocycles. The van der Waals surface area contributed by atoms with Crippen LogP contribution in [-0.4, -0.2) is 76.0 Å². The number of amides is 3. The van der Waals surface area contributed by atoms with Crippen molar-refractivity contribution in [2.24, 2.45) is 0 Å². The van der Waals surface area contributed by atoms with Crippen molar-refractivity contribution in [1.29, 1.82) is 0 Å². The van der Waals surface area contributed by atoms with E-state index in [4.69, 9.17) is 18.9 Å². The molecule has 38 heavy (non-hydrogen) atoms. The van der Waals surface area contributed by atoms with Crippen LogP contribution in [0.15, 0.2) is 29.5 Å². The minimum absolute atomic E-state index is 0.0132. The Balaban J connectivity index is 1.54. The largest absolute Gasteiger partial charge is 0.477 e. The van der Waals surface area contributed by atoms with E-state index in [1.54, 1.807) is 39.0 Å². The molecule has 0 aliphatic carbocycles. The maximum Gasteiger partial charge on any atom is 0.408 e. The van der Waals surface area contributed by atoms with E-state index in [0.717, 1.165) is 4.90 Å². The van der Waals surface area contributed by atoms with Gasteiger partial charge in [-0.1, -0.05) is 6.07 Å². The van der Waals surface area contributed by atoms with Crippen LogP contribution in [0.3, 0.4) is 0 Å². The van der Waals surface area contributed by atoms with Crippen molar-refractivity contribution < 1.29 is 48.0 Å². The monoisotopic (exact) mass is 549 g/mol. The summed E-state index contributed by atoms with van der Waals surface area (Å²) in [6.07, 6.45) is -0.852. The maximum atomic E-state index is 13.4. The topological polar surface area (TPSA) is 170 Å². The molecule has 1 aromatic rings. The first-order chi connectivity index (χ1) is 17.9. The number of esters is 1. The SMILES string of the molecule is CC(=O)OCC1=C(C(=O)O)N2C(=O)[C@@H](NC(=O)C(NC(=O)OC(C)(C)C)c3ccc4c(c3)OCO4)[C@H]2SC1. The zero-order chi connectivity index (χ0) is 27.8. The molecule has 14 heteroatoms. The lowest BCUT2D eigenvalue weighted by atomic mass is 10.0. The van der Waals surface area contributed by atoms with Gasteiger partial charge in [0.15, 0.2) is 11.5 Å². The van der Waals surface area contributed by atoms with Crippen LogP contribution in [0.1, 0.15) is 39.3 Å². The number of aliphatic carboxylic acids is 1. The number of β-lactam (4-membered cyclic amide) rings is 1. The highest BCUT2D eigenvalue weighted by Crippen LogP contribution is 2.41. The first-order valence-corrected chi connectivity index (χ1v) is 12.6. The average Bonchev–Trinajstić information content (AvgIpc) is 3.30. The molecule has 3 heterocycles. The number of hydrogen-bond donors (Lipinski definition) is 3. The van der Waals surface area contributed by atoms with Gasteiger partial charge in [0.2, 0.25) is 12.7 Å². The van der Waals surface area contributed by atoms with Gasteiger partial charge in [-0.05, 0) is 38.5 Å². The predicted octanol–water partition coefficient (Wildman–Crippen LogP) is 1.28. The summed E-state index contributed by atoms with van der Waals surface area (Å²) < 4.78 is 20.9. The molecular weight excluding hydrogens is 522 g/mol. The second-order valence-electron chi connectivity index (χ2n) is 9.63. The number of carboxylic acids is 1. The van der Waals surface area contributed by atoms with Gasteiger partial charge >= 0.3 is 18.0 Å². The maximum absolute atomic E-state index is 13.4. The molecule has 0 radical (unpaired) electrons. The van der Waals surface area contributed by atoms with Crippen molar-refractivity contribution in [3.63, 3.8) is 0 Å². The second-order valence-corrected chi connectivity index (χ2v) is 10.7. The first kappa shape index (κ1) is 27.1. The number of carbonyl (C=O) groups is 5. The van der Waals surface area contributed by atoms with Crippen LogP contribution in [-0.2, 0) is 28.7 Å². The Morgan fingerprint density at radius 3 is 2.58 bits per heavy atom. The number of nitrogens with one attached hydrogen (secondary N) is 2. The van der Waals surface area contributed by atoms with Crippen LogP contribution < -0.4 is 20.1 Å². The molecule has 13 nitrogen and oxygen atoms in total. The smallest absolute Gasteiger partial charge is 0.408 e. The number of fused-ring (bicyclic) bond motifs is 2. The van der Waals surface area contributed by atoms with E-state index >= 15 is 0 Å². The lowest BCUT2D eigenvalue weighted by Gasteiger charge is -2.49. The van der Waals surface area contributed by atoms with E-state index in [0.29, 0.717) is 17.1 Å². The molecular formula is C24H27N3O10S. The van der Waals surface area contributed by atoms with Crippen LogP contribution in [0.2, 0.25) is 0 Å². The van der Waals surface area contributed by atoms with Crippen molar-refractivity contribution in [3.05, 3.63) is 35.0 Å². The quantitative estimate of drug-likeness (QED) is 0.331. The standard InChI is InChI=1S/C24H27N3O10S/c1-11(28)34-8-13-9-38-21-17(20(30)27(21)18(13)22(31)32)25-19(29)16(26-23(33)37-24(2,3)4)12-5-6-14-15(7-12)36-10-35-14/h5-7,16-17,21H,8-10H2,1-4H3,(H,25,29)(H,26,33)(H,31,32)/t16?,17-,21-/m1/s1. The number of carbonyl (C=O) groups excluding carboxylic acids is 4. The van der Waals surface area contributed by atoms with Gasteiger partial charge in [-0.3, -0.25) is 19.3 Å². The molecule has 1 aromatic carbocycles. The molecule has 0 saturated carbocycles. The van der Waals surface area contributed by atoms with Gasteiger partial charge in [-0.15, -0.1) is 11.8 Å². The van der Waals surface area contributed by atoms with E-state index < -0.39 is 52.9 Å².